The molecule has 0 radical (unpaired) electrons. The first-order valence-electron chi connectivity index (χ1n) is 18.0. The van der Waals surface area contributed by atoms with Crippen molar-refractivity contribution in [1.29, 1.82) is 0 Å². The number of carbonyl (C=O) groups excluding carboxylic acids is 1. The number of aliphatic hydroxyl groups is 1. The van der Waals surface area contributed by atoms with Gasteiger partial charge in [-0.3, -0.25) is 14.6 Å². The SMILES string of the molecule is CCC(CN1CCC(N2CCN3c4cc(-c5ccccc5O)nnc4NC[C@H]3C2)CC1)Oc1cc(C(C(=O)N2CC[C@@H](O)C2)C(C)C)on1. The first-order valence-corrected chi connectivity index (χ1v) is 18.0. The minimum atomic E-state index is -0.458. The summed E-state index contributed by atoms with van der Waals surface area (Å²) in [4.78, 5) is 22.6. The van der Waals surface area contributed by atoms with Crippen LogP contribution in [-0.4, -0.2) is 129 Å². The molecule has 1 aromatic carbocycles. The van der Waals surface area contributed by atoms with Gasteiger partial charge in [-0.15, -0.1) is 10.2 Å². The van der Waals surface area contributed by atoms with Crippen LogP contribution in [0.1, 0.15) is 58.1 Å². The summed E-state index contributed by atoms with van der Waals surface area (Å²) in [6, 6.07) is 12.0. The maximum absolute atomic E-state index is 13.3. The molecule has 0 bridgehead atoms. The molecule has 4 aliphatic heterocycles. The molecule has 0 aliphatic carbocycles. The number of para-hydroxylation sites is 1. The normalized spacial score (nSPS) is 23.2. The van der Waals surface area contributed by atoms with Crippen molar-refractivity contribution in [3.8, 4) is 22.9 Å². The lowest BCUT2D eigenvalue weighted by Gasteiger charge is -2.49. The Labute approximate surface area is 288 Å². The number of piperidine rings is 1. The molecule has 264 valence electrons. The van der Waals surface area contributed by atoms with Crippen LogP contribution in [0.25, 0.3) is 11.3 Å². The van der Waals surface area contributed by atoms with E-state index in [4.69, 9.17) is 9.26 Å². The lowest BCUT2D eigenvalue weighted by Crippen LogP contribution is -2.61. The number of benzene rings is 1. The molecule has 3 saturated heterocycles. The number of hydrogen-bond acceptors (Lipinski definition) is 12. The molecule has 7 rings (SSSR count). The zero-order chi connectivity index (χ0) is 34.1. The Bertz CT molecular complexity index is 1590. The number of phenols is 1. The van der Waals surface area contributed by atoms with Crippen LogP contribution >= 0.6 is 0 Å². The fourth-order valence-corrected chi connectivity index (χ4v) is 7.99. The molecule has 0 spiro atoms. The number of aromatic hydroxyl groups is 1. The summed E-state index contributed by atoms with van der Waals surface area (Å²) in [5, 5.41) is 36.9. The summed E-state index contributed by atoms with van der Waals surface area (Å²) in [6.07, 6.45) is 3.20. The van der Waals surface area contributed by atoms with Crippen LogP contribution in [0, 0.1) is 5.92 Å². The van der Waals surface area contributed by atoms with Gasteiger partial charge >= 0.3 is 0 Å². The van der Waals surface area contributed by atoms with Crippen molar-refractivity contribution in [2.75, 3.05) is 69.1 Å². The number of ether oxygens (including phenoxy) is 1. The number of aliphatic hydroxyl groups excluding tert-OH is 1. The number of carbonyl (C=O) groups is 1. The molecule has 4 atom stereocenters. The fourth-order valence-electron chi connectivity index (χ4n) is 7.99. The van der Waals surface area contributed by atoms with Crippen molar-refractivity contribution in [1.82, 2.24) is 30.1 Å². The Morgan fingerprint density at radius 2 is 1.86 bits per heavy atom. The van der Waals surface area contributed by atoms with Crippen molar-refractivity contribution in [3.05, 3.63) is 42.2 Å². The molecule has 3 fully saturated rings. The van der Waals surface area contributed by atoms with Crippen LogP contribution in [-0.2, 0) is 4.79 Å². The second-order valence-corrected chi connectivity index (χ2v) is 14.4. The topological polar surface area (TPSA) is 144 Å². The second-order valence-electron chi connectivity index (χ2n) is 14.4. The number of β-amino-alcohol motifs (C(OH)–C–C–N with tert-alkyl or cyclic N) is 1. The molecule has 49 heavy (non-hydrogen) atoms. The smallest absolute Gasteiger partial charge is 0.254 e. The highest BCUT2D eigenvalue weighted by molar-refractivity contribution is 5.83. The number of amides is 1. The summed E-state index contributed by atoms with van der Waals surface area (Å²) in [6.45, 7) is 13.7. The zero-order valence-electron chi connectivity index (χ0n) is 28.9. The third-order valence-electron chi connectivity index (χ3n) is 10.8. The number of nitrogens with one attached hydrogen (secondary N) is 1. The van der Waals surface area contributed by atoms with Gasteiger partial charge in [0.05, 0.1) is 23.5 Å². The summed E-state index contributed by atoms with van der Waals surface area (Å²) in [5.41, 5.74) is 2.43. The molecule has 3 N–H and O–H groups in total. The van der Waals surface area contributed by atoms with Crippen molar-refractivity contribution in [2.45, 2.75) is 76.7 Å². The largest absolute Gasteiger partial charge is 0.507 e. The average Bonchev–Trinajstić information content (AvgIpc) is 3.76. The number of phenolic OH excluding ortho intramolecular Hbond substituents is 1. The molecular formula is C36H50N8O5. The Kier molecular flexibility index (Phi) is 9.93. The third-order valence-corrected chi connectivity index (χ3v) is 10.8. The standard InChI is InChI=1S/C36H50N8O5/c1-4-27(48-33-18-32(49-40-33)34(23(2)3)36(47)43-14-11-26(45)21-43)22-41-12-9-24(10-13-41)42-15-16-44-25(20-42)19-37-35-30(44)17-29(38-39-35)28-7-5-6-8-31(28)46/h5-8,17-18,23-27,34,45-46H,4,9-16,19-22H2,1-3H3,(H,37,39)/t25-,26+,27?,34?/m0/s1. The van der Waals surface area contributed by atoms with E-state index < -0.39 is 12.0 Å². The van der Waals surface area contributed by atoms with E-state index in [1.165, 1.54) is 0 Å². The van der Waals surface area contributed by atoms with Crippen LogP contribution in [0.3, 0.4) is 0 Å². The molecule has 13 heteroatoms. The van der Waals surface area contributed by atoms with Gasteiger partial charge in [0.2, 0.25) is 5.91 Å². The van der Waals surface area contributed by atoms with Gasteiger partial charge in [0, 0.05) is 63.5 Å². The van der Waals surface area contributed by atoms with Crippen LogP contribution in [0.5, 0.6) is 11.6 Å². The number of piperazine rings is 1. The van der Waals surface area contributed by atoms with Crippen molar-refractivity contribution in [3.63, 3.8) is 0 Å². The predicted octanol–water partition coefficient (Wildman–Crippen LogP) is 3.41. The van der Waals surface area contributed by atoms with E-state index in [2.05, 4.69) is 48.4 Å². The third kappa shape index (κ3) is 7.20. The van der Waals surface area contributed by atoms with Gasteiger partial charge < -0.3 is 34.6 Å². The van der Waals surface area contributed by atoms with E-state index in [1.54, 1.807) is 17.0 Å². The molecule has 2 aromatic heterocycles. The Morgan fingerprint density at radius 3 is 2.59 bits per heavy atom. The van der Waals surface area contributed by atoms with E-state index in [0.717, 1.165) is 76.6 Å². The van der Waals surface area contributed by atoms with Gasteiger partial charge in [-0.25, -0.2) is 0 Å². The number of aromatic nitrogens is 3. The molecule has 0 saturated carbocycles. The number of rotatable bonds is 10. The highest BCUT2D eigenvalue weighted by Gasteiger charge is 2.38. The number of anilines is 2. The predicted molar refractivity (Wildman–Crippen MR) is 186 cm³/mol. The molecular weight excluding hydrogens is 624 g/mol. The van der Waals surface area contributed by atoms with Crippen LogP contribution in [0.4, 0.5) is 11.5 Å². The molecule has 1 amide bonds. The lowest BCUT2D eigenvalue weighted by atomic mass is 9.92. The van der Waals surface area contributed by atoms with Gasteiger partial charge in [0.1, 0.15) is 17.8 Å². The summed E-state index contributed by atoms with van der Waals surface area (Å²) >= 11 is 0. The monoisotopic (exact) mass is 674 g/mol. The molecule has 2 unspecified atom stereocenters. The summed E-state index contributed by atoms with van der Waals surface area (Å²) in [7, 11) is 0. The van der Waals surface area contributed by atoms with E-state index >= 15 is 0 Å². The van der Waals surface area contributed by atoms with Crippen LogP contribution in [0.15, 0.2) is 40.9 Å². The maximum Gasteiger partial charge on any atom is 0.254 e. The molecule has 6 heterocycles. The first-order chi connectivity index (χ1) is 23.8. The first kappa shape index (κ1) is 33.6. The highest BCUT2D eigenvalue weighted by atomic mass is 16.5. The minimum Gasteiger partial charge on any atom is -0.507 e. The Hall–Kier alpha value is -3.94. The minimum absolute atomic E-state index is 0.0252. The number of nitrogens with zero attached hydrogens (tertiary/aromatic N) is 7. The van der Waals surface area contributed by atoms with E-state index in [1.807, 2.05) is 32.0 Å². The van der Waals surface area contributed by atoms with E-state index in [0.29, 0.717) is 54.5 Å². The quantitative estimate of drug-likeness (QED) is 0.290. The molecule has 3 aromatic rings. The van der Waals surface area contributed by atoms with Crippen molar-refractivity contribution in [2.24, 2.45) is 5.92 Å². The van der Waals surface area contributed by atoms with Gasteiger partial charge in [0.25, 0.3) is 5.88 Å². The van der Waals surface area contributed by atoms with Gasteiger partial charge in [-0.2, -0.15) is 0 Å². The van der Waals surface area contributed by atoms with E-state index in [-0.39, 0.29) is 23.7 Å². The van der Waals surface area contributed by atoms with E-state index in [9.17, 15) is 15.0 Å². The lowest BCUT2D eigenvalue weighted by molar-refractivity contribution is -0.133. The van der Waals surface area contributed by atoms with Crippen molar-refractivity contribution >= 4 is 17.4 Å². The zero-order valence-corrected chi connectivity index (χ0v) is 28.9. The number of hydrogen-bond donors (Lipinski definition) is 3. The van der Waals surface area contributed by atoms with Crippen LogP contribution in [0.2, 0.25) is 0 Å². The number of fused-ring (bicyclic) bond motifs is 3. The Balaban J connectivity index is 0.909. The van der Waals surface area contributed by atoms with Crippen LogP contribution < -0.4 is 15.0 Å². The van der Waals surface area contributed by atoms with Gasteiger partial charge in [-0.1, -0.05) is 32.9 Å². The van der Waals surface area contributed by atoms with Gasteiger partial charge in [-0.05, 0) is 68.0 Å². The summed E-state index contributed by atoms with van der Waals surface area (Å²) in [5.74, 6) is 1.51. The number of likely N-dealkylation sites (tertiary alicyclic amines) is 2. The molecule has 13 nitrogen and oxygen atoms in total. The highest BCUT2D eigenvalue weighted by Crippen LogP contribution is 2.37. The van der Waals surface area contributed by atoms with Gasteiger partial charge in [0.15, 0.2) is 11.6 Å². The fraction of sp³-hybridized carbons (Fsp3) is 0.611. The molecule has 4 aliphatic rings. The second kappa shape index (κ2) is 14.5. The average molecular weight is 675 g/mol. The Morgan fingerprint density at radius 1 is 1.04 bits per heavy atom. The van der Waals surface area contributed by atoms with Crippen molar-refractivity contribution < 1.29 is 24.3 Å². The maximum atomic E-state index is 13.3. The summed E-state index contributed by atoms with van der Waals surface area (Å²) < 4.78 is 12.0.